The van der Waals surface area contributed by atoms with E-state index in [1.165, 1.54) is 0 Å². The van der Waals surface area contributed by atoms with Crippen LogP contribution in [0, 0.1) is 0 Å². The number of anilines is 1. The summed E-state index contributed by atoms with van der Waals surface area (Å²) in [6.45, 7) is 0.708. The van der Waals surface area contributed by atoms with Gasteiger partial charge in [0.15, 0.2) is 5.11 Å². The van der Waals surface area contributed by atoms with Gasteiger partial charge >= 0.3 is 0 Å². The molecule has 0 aliphatic heterocycles. The predicted octanol–water partition coefficient (Wildman–Crippen LogP) is 3.25. The van der Waals surface area contributed by atoms with Gasteiger partial charge in [-0.15, -0.1) is 0 Å². The highest BCUT2D eigenvalue weighted by Crippen LogP contribution is 2.25. The van der Waals surface area contributed by atoms with Gasteiger partial charge in [-0.05, 0) is 30.4 Å². The highest BCUT2D eigenvalue weighted by Gasteiger charge is 2.03. The summed E-state index contributed by atoms with van der Waals surface area (Å²) < 4.78 is 0. The lowest BCUT2D eigenvalue weighted by atomic mass is 10.3. The third-order valence-electron chi connectivity index (χ3n) is 2.41. The standard InChI is InChI=1S/C12H12Cl2N4S/c13-8-1-2-11(10(14)5-8)18-12(19)16-4-3-9-6-15-7-17-9/h1-2,5-7H,3-4H2,(H,15,17)(H2,16,18,19). The van der Waals surface area contributed by atoms with Crippen molar-refractivity contribution in [2.75, 3.05) is 11.9 Å². The summed E-state index contributed by atoms with van der Waals surface area (Å²) in [7, 11) is 0. The first kappa shape index (κ1) is 14.1. The Bertz CT molecular complexity index is 557. The zero-order valence-corrected chi connectivity index (χ0v) is 12.2. The predicted molar refractivity (Wildman–Crippen MR) is 83.0 cm³/mol. The van der Waals surface area contributed by atoms with E-state index in [4.69, 9.17) is 35.4 Å². The monoisotopic (exact) mass is 314 g/mol. The lowest BCUT2D eigenvalue weighted by Crippen LogP contribution is -2.30. The average Bonchev–Trinajstić information content (AvgIpc) is 2.86. The van der Waals surface area contributed by atoms with E-state index in [-0.39, 0.29) is 0 Å². The normalized spacial score (nSPS) is 10.2. The molecular weight excluding hydrogens is 303 g/mol. The molecule has 0 aliphatic rings. The van der Waals surface area contributed by atoms with Crippen molar-refractivity contribution in [3.8, 4) is 0 Å². The molecule has 0 saturated heterocycles. The van der Waals surface area contributed by atoms with Crippen molar-refractivity contribution in [3.63, 3.8) is 0 Å². The fraction of sp³-hybridized carbons (Fsp3) is 0.167. The van der Waals surface area contributed by atoms with Gasteiger partial charge in [0.2, 0.25) is 0 Å². The fourth-order valence-corrected chi connectivity index (χ4v) is 2.16. The number of halogens is 2. The van der Waals surface area contributed by atoms with Crippen LogP contribution in [0.1, 0.15) is 5.69 Å². The Kier molecular flexibility index (Phi) is 5.01. The van der Waals surface area contributed by atoms with Gasteiger partial charge < -0.3 is 15.6 Å². The number of imidazole rings is 1. The molecule has 0 radical (unpaired) electrons. The van der Waals surface area contributed by atoms with E-state index in [1.807, 2.05) is 0 Å². The highest BCUT2D eigenvalue weighted by atomic mass is 35.5. The first-order valence-electron chi connectivity index (χ1n) is 5.62. The first-order valence-corrected chi connectivity index (χ1v) is 6.79. The summed E-state index contributed by atoms with van der Waals surface area (Å²) >= 11 is 17.0. The molecule has 1 heterocycles. The maximum Gasteiger partial charge on any atom is 0.170 e. The first-order chi connectivity index (χ1) is 9.15. The molecule has 4 nitrogen and oxygen atoms in total. The third-order valence-corrected chi connectivity index (χ3v) is 3.21. The van der Waals surface area contributed by atoms with Gasteiger partial charge in [0.05, 0.1) is 17.0 Å². The fourth-order valence-electron chi connectivity index (χ4n) is 1.49. The number of aromatic amines is 1. The van der Waals surface area contributed by atoms with E-state index >= 15 is 0 Å². The third kappa shape index (κ3) is 4.38. The molecule has 3 N–H and O–H groups in total. The van der Waals surface area contributed by atoms with Crippen LogP contribution >= 0.6 is 35.4 Å². The molecule has 0 spiro atoms. The van der Waals surface area contributed by atoms with Crippen LogP contribution in [0.5, 0.6) is 0 Å². The van der Waals surface area contributed by atoms with Gasteiger partial charge in [0.25, 0.3) is 0 Å². The Labute approximate surface area is 126 Å². The van der Waals surface area contributed by atoms with Crippen LogP contribution in [0.4, 0.5) is 5.69 Å². The summed E-state index contributed by atoms with van der Waals surface area (Å²) in [6, 6.07) is 5.20. The molecule has 100 valence electrons. The largest absolute Gasteiger partial charge is 0.362 e. The maximum atomic E-state index is 6.04. The minimum Gasteiger partial charge on any atom is -0.362 e. The number of benzene rings is 1. The molecule has 0 aliphatic carbocycles. The maximum absolute atomic E-state index is 6.04. The van der Waals surface area contributed by atoms with Crippen molar-refractivity contribution in [1.82, 2.24) is 15.3 Å². The Morgan fingerprint density at radius 2 is 2.21 bits per heavy atom. The number of aromatic nitrogens is 2. The van der Waals surface area contributed by atoms with Crippen LogP contribution in [0.25, 0.3) is 0 Å². The van der Waals surface area contributed by atoms with Crippen LogP contribution in [-0.4, -0.2) is 21.6 Å². The molecule has 0 atom stereocenters. The Morgan fingerprint density at radius 3 is 2.89 bits per heavy atom. The van der Waals surface area contributed by atoms with Crippen molar-refractivity contribution < 1.29 is 0 Å². The molecule has 7 heteroatoms. The molecule has 19 heavy (non-hydrogen) atoms. The zero-order valence-electron chi connectivity index (χ0n) is 9.91. The van der Waals surface area contributed by atoms with E-state index in [9.17, 15) is 0 Å². The number of thiocarbonyl (C=S) groups is 1. The summed E-state index contributed by atoms with van der Waals surface area (Å²) in [5.41, 5.74) is 1.78. The van der Waals surface area contributed by atoms with Crippen LogP contribution in [0.15, 0.2) is 30.7 Å². The van der Waals surface area contributed by atoms with Gasteiger partial charge in [0.1, 0.15) is 0 Å². The van der Waals surface area contributed by atoms with E-state index < -0.39 is 0 Å². The second-order valence-corrected chi connectivity index (χ2v) is 5.08. The van der Waals surface area contributed by atoms with Crippen molar-refractivity contribution in [1.29, 1.82) is 0 Å². The van der Waals surface area contributed by atoms with Crippen LogP contribution < -0.4 is 10.6 Å². The topological polar surface area (TPSA) is 52.7 Å². The molecule has 1 aromatic heterocycles. The number of nitrogens with zero attached hydrogens (tertiary/aromatic N) is 1. The summed E-state index contributed by atoms with van der Waals surface area (Å²) in [4.78, 5) is 6.97. The van der Waals surface area contributed by atoms with Gasteiger partial charge in [-0.3, -0.25) is 0 Å². The molecule has 2 rings (SSSR count). The Morgan fingerprint density at radius 1 is 1.37 bits per heavy atom. The second kappa shape index (κ2) is 6.75. The molecule has 0 bridgehead atoms. The SMILES string of the molecule is S=C(NCCc1cnc[nH]1)Nc1ccc(Cl)cc1Cl. The lowest BCUT2D eigenvalue weighted by molar-refractivity contribution is 0.854. The molecule has 2 aromatic rings. The van der Waals surface area contributed by atoms with Crippen LogP contribution in [0.3, 0.4) is 0 Å². The van der Waals surface area contributed by atoms with Gasteiger partial charge in [-0.25, -0.2) is 4.98 Å². The summed E-state index contributed by atoms with van der Waals surface area (Å²) in [5.74, 6) is 0. The lowest BCUT2D eigenvalue weighted by Gasteiger charge is -2.11. The van der Waals surface area contributed by atoms with Crippen molar-refractivity contribution in [2.45, 2.75) is 6.42 Å². The number of H-pyrrole nitrogens is 1. The van der Waals surface area contributed by atoms with E-state index in [0.29, 0.717) is 21.7 Å². The zero-order chi connectivity index (χ0) is 13.7. The number of nitrogens with one attached hydrogen (secondary N) is 3. The van der Waals surface area contributed by atoms with Crippen molar-refractivity contribution >= 4 is 46.2 Å². The molecule has 0 saturated carbocycles. The van der Waals surface area contributed by atoms with Gasteiger partial charge in [-0.2, -0.15) is 0 Å². The molecule has 0 amide bonds. The van der Waals surface area contributed by atoms with Gasteiger partial charge in [0, 0.05) is 29.9 Å². The summed E-state index contributed by atoms with van der Waals surface area (Å²) in [5, 5.41) is 7.75. The van der Waals surface area contributed by atoms with Crippen LogP contribution in [-0.2, 0) is 6.42 Å². The number of hydrogen-bond donors (Lipinski definition) is 3. The Hall–Kier alpha value is -1.30. The average molecular weight is 315 g/mol. The highest BCUT2D eigenvalue weighted by molar-refractivity contribution is 7.80. The van der Waals surface area contributed by atoms with E-state index in [2.05, 4.69) is 20.6 Å². The van der Waals surface area contributed by atoms with E-state index in [0.717, 1.165) is 17.8 Å². The van der Waals surface area contributed by atoms with Crippen molar-refractivity contribution in [2.24, 2.45) is 0 Å². The molecule has 1 aromatic carbocycles. The molecular formula is C12H12Cl2N4S. The number of rotatable bonds is 4. The van der Waals surface area contributed by atoms with Gasteiger partial charge in [-0.1, -0.05) is 23.2 Å². The van der Waals surface area contributed by atoms with E-state index in [1.54, 1.807) is 30.7 Å². The van der Waals surface area contributed by atoms with Crippen molar-refractivity contribution in [3.05, 3.63) is 46.5 Å². The number of hydrogen-bond acceptors (Lipinski definition) is 2. The summed E-state index contributed by atoms with van der Waals surface area (Å²) in [6.07, 6.45) is 4.25. The quantitative estimate of drug-likeness (QED) is 0.758. The minimum absolute atomic E-state index is 0.517. The minimum atomic E-state index is 0.517. The molecule has 0 fully saturated rings. The Balaban J connectivity index is 1.80. The second-order valence-electron chi connectivity index (χ2n) is 3.83. The van der Waals surface area contributed by atoms with Crippen LogP contribution in [0.2, 0.25) is 10.0 Å². The molecule has 0 unspecified atom stereocenters. The smallest absolute Gasteiger partial charge is 0.170 e.